The molecule has 0 radical (unpaired) electrons. The van der Waals surface area contributed by atoms with Crippen LogP contribution in [0.1, 0.15) is 35.6 Å². The van der Waals surface area contributed by atoms with Crippen LogP contribution in [0.3, 0.4) is 0 Å². The summed E-state index contributed by atoms with van der Waals surface area (Å²) in [6.07, 6.45) is 1.04. The third-order valence-electron chi connectivity index (χ3n) is 5.53. The standard InChI is InChI=1S/C25H32N2O8/c1-2-18-3-6-22(29)20(11-18)13-26(15-25(33)34)9-10-27(16-35-17-28)14-21-12-19(4-7-23(21)30)5-8-24(31)32/h3-4,6-7,11-12,17,29-30H,2,5,8-10,13-16H2,1H3,(H,31,32)(H,33,34). The fourth-order valence-electron chi connectivity index (χ4n) is 3.65. The molecule has 2 aromatic rings. The zero-order valence-corrected chi connectivity index (χ0v) is 19.7. The van der Waals surface area contributed by atoms with Gasteiger partial charge in [-0.3, -0.25) is 24.2 Å². The van der Waals surface area contributed by atoms with Crippen LogP contribution < -0.4 is 0 Å². The number of aryl methyl sites for hydroxylation is 2. The maximum atomic E-state index is 11.4. The number of phenols is 2. The Hall–Kier alpha value is -3.63. The number of carbonyl (C=O) groups is 3. The van der Waals surface area contributed by atoms with Crippen molar-refractivity contribution in [3.05, 3.63) is 58.7 Å². The number of carboxylic acids is 2. The smallest absolute Gasteiger partial charge is 0.317 e. The number of nitrogens with zero attached hydrogens (tertiary/aromatic N) is 2. The van der Waals surface area contributed by atoms with Gasteiger partial charge < -0.3 is 25.2 Å². The molecule has 0 aliphatic rings. The fraction of sp³-hybridized carbons (Fsp3) is 0.400. The molecule has 0 bridgehead atoms. The largest absolute Gasteiger partial charge is 0.508 e. The van der Waals surface area contributed by atoms with E-state index >= 15 is 0 Å². The van der Waals surface area contributed by atoms with Gasteiger partial charge in [0.1, 0.15) is 18.2 Å². The molecule has 0 amide bonds. The molecule has 0 unspecified atom stereocenters. The molecule has 2 aromatic carbocycles. The van der Waals surface area contributed by atoms with E-state index in [2.05, 4.69) is 0 Å². The van der Waals surface area contributed by atoms with Gasteiger partial charge >= 0.3 is 11.9 Å². The van der Waals surface area contributed by atoms with Gasteiger partial charge in [-0.1, -0.05) is 31.2 Å². The minimum absolute atomic E-state index is 0.0175. The molecule has 10 heteroatoms. The number of phenolic OH excluding ortho intramolecular Hbond substituents is 2. The van der Waals surface area contributed by atoms with Crippen LogP contribution in [0.2, 0.25) is 0 Å². The van der Waals surface area contributed by atoms with Crippen molar-refractivity contribution < 1.29 is 39.5 Å². The van der Waals surface area contributed by atoms with Crippen LogP contribution in [0.5, 0.6) is 11.5 Å². The Labute approximate surface area is 204 Å². The summed E-state index contributed by atoms with van der Waals surface area (Å²) in [5.41, 5.74) is 2.91. The second-order valence-electron chi connectivity index (χ2n) is 8.22. The highest BCUT2D eigenvalue weighted by atomic mass is 16.5. The van der Waals surface area contributed by atoms with Crippen LogP contribution >= 0.6 is 0 Å². The summed E-state index contributed by atoms with van der Waals surface area (Å²) in [6.45, 7) is 2.94. The highest BCUT2D eigenvalue weighted by molar-refractivity contribution is 5.69. The first-order valence-corrected chi connectivity index (χ1v) is 11.3. The third-order valence-corrected chi connectivity index (χ3v) is 5.53. The summed E-state index contributed by atoms with van der Waals surface area (Å²) < 4.78 is 4.91. The number of benzene rings is 2. The second-order valence-corrected chi connectivity index (χ2v) is 8.22. The van der Waals surface area contributed by atoms with E-state index in [1.807, 2.05) is 19.1 Å². The molecule has 0 saturated heterocycles. The fourth-order valence-corrected chi connectivity index (χ4v) is 3.65. The number of carboxylic acid groups (broad SMARTS) is 2. The van der Waals surface area contributed by atoms with Crippen LogP contribution in [0.4, 0.5) is 0 Å². The van der Waals surface area contributed by atoms with E-state index in [-0.39, 0.29) is 50.8 Å². The summed E-state index contributed by atoms with van der Waals surface area (Å²) in [7, 11) is 0. The lowest BCUT2D eigenvalue weighted by molar-refractivity contribution is -0.139. The Morgan fingerprint density at radius 3 is 2.03 bits per heavy atom. The molecule has 0 spiro atoms. The van der Waals surface area contributed by atoms with Gasteiger partial charge in [0.2, 0.25) is 0 Å². The highest BCUT2D eigenvalue weighted by Gasteiger charge is 2.17. The van der Waals surface area contributed by atoms with E-state index in [4.69, 9.17) is 9.84 Å². The van der Waals surface area contributed by atoms with Crippen molar-refractivity contribution in [3.63, 3.8) is 0 Å². The number of aliphatic carboxylic acids is 2. The lowest BCUT2D eigenvalue weighted by atomic mass is 10.0. The van der Waals surface area contributed by atoms with E-state index in [1.165, 1.54) is 6.07 Å². The van der Waals surface area contributed by atoms with Crippen molar-refractivity contribution in [3.8, 4) is 11.5 Å². The molecule has 0 saturated carbocycles. The monoisotopic (exact) mass is 488 g/mol. The molecule has 35 heavy (non-hydrogen) atoms. The number of hydrogen-bond donors (Lipinski definition) is 4. The number of carbonyl (C=O) groups excluding carboxylic acids is 1. The zero-order valence-electron chi connectivity index (χ0n) is 19.7. The van der Waals surface area contributed by atoms with Gasteiger partial charge in [0.15, 0.2) is 0 Å². The SMILES string of the molecule is CCc1ccc(O)c(CN(CCN(COC=O)Cc2cc(CCC(=O)O)ccc2O)CC(=O)O)c1. The lowest BCUT2D eigenvalue weighted by Crippen LogP contribution is -2.38. The molecule has 0 aliphatic carbocycles. The van der Waals surface area contributed by atoms with Crippen LogP contribution in [0, 0.1) is 0 Å². The van der Waals surface area contributed by atoms with Crippen LogP contribution in [0.25, 0.3) is 0 Å². The van der Waals surface area contributed by atoms with E-state index in [1.54, 1.807) is 28.0 Å². The number of ether oxygens (including phenoxy) is 1. The van der Waals surface area contributed by atoms with Gasteiger partial charge in [0.05, 0.1) is 6.54 Å². The molecule has 190 valence electrons. The minimum atomic E-state index is -1.02. The first kappa shape index (κ1) is 27.6. The van der Waals surface area contributed by atoms with Crippen molar-refractivity contribution >= 4 is 18.4 Å². The third kappa shape index (κ3) is 9.63. The van der Waals surface area contributed by atoms with Gasteiger partial charge in [0.25, 0.3) is 6.47 Å². The van der Waals surface area contributed by atoms with Gasteiger partial charge in [-0.05, 0) is 36.1 Å². The van der Waals surface area contributed by atoms with Gasteiger partial charge in [-0.2, -0.15) is 0 Å². The molecule has 0 aliphatic heterocycles. The van der Waals surface area contributed by atoms with Gasteiger partial charge in [-0.25, -0.2) is 0 Å². The van der Waals surface area contributed by atoms with Gasteiger partial charge in [-0.15, -0.1) is 0 Å². The lowest BCUT2D eigenvalue weighted by Gasteiger charge is -2.27. The minimum Gasteiger partial charge on any atom is -0.508 e. The van der Waals surface area contributed by atoms with E-state index in [0.717, 1.165) is 17.5 Å². The van der Waals surface area contributed by atoms with E-state index < -0.39 is 11.9 Å². The zero-order chi connectivity index (χ0) is 25.8. The molecule has 4 N–H and O–H groups in total. The van der Waals surface area contributed by atoms with Crippen molar-refractivity contribution in [1.29, 1.82) is 0 Å². The first-order valence-electron chi connectivity index (χ1n) is 11.3. The molecule has 0 aromatic heterocycles. The maximum Gasteiger partial charge on any atom is 0.317 e. The molecule has 10 nitrogen and oxygen atoms in total. The summed E-state index contributed by atoms with van der Waals surface area (Å²) in [6, 6.07) is 10.1. The number of hydrogen-bond acceptors (Lipinski definition) is 8. The predicted molar refractivity (Wildman–Crippen MR) is 127 cm³/mol. The summed E-state index contributed by atoms with van der Waals surface area (Å²) in [5, 5.41) is 38.8. The topological polar surface area (TPSA) is 148 Å². The Morgan fingerprint density at radius 2 is 1.46 bits per heavy atom. The molecule has 2 rings (SSSR count). The van der Waals surface area contributed by atoms with Gasteiger partial charge in [0, 0.05) is 43.7 Å². The van der Waals surface area contributed by atoms with Crippen molar-refractivity contribution in [1.82, 2.24) is 9.80 Å². The first-order chi connectivity index (χ1) is 16.7. The summed E-state index contributed by atoms with van der Waals surface area (Å²) >= 11 is 0. The number of rotatable bonds is 16. The maximum absolute atomic E-state index is 11.4. The average Bonchev–Trinajstić information content (AvgIpc) is 2.81. The molecular formula is C25H32N2O8. The second kappa shape index (κ2) is 13.9. The van der Waals surface area contributed by atoms with E-state index in [9.17, 15) is 29.7 Å². The summed E-state index contributed by atoms with van der Waals surface area (Å²) in [4.78, 5) is 36.5. The predicted octanol–water partition coefficient (Wildman–Crippen LogP) is 2.20. The molecule has 0 atom stereocenters. The highest BCUT2D eigenvalue weighted by Crippen LogP contribution is 2.23. The Bertz CT molecular complexity index is 1010. The van der Waals surface area contributed by atoms with Crippen molar-refractivity contribution in [2.24, 2.45) is 0 Å². The Morgan fingerprint density at radius 1 is 0.886 bits per heavy atom. The molecule has 0 heterocycles. The quantitative estimate of drug-likeness (QED) is 0.205. The van der Waals surface area contributed by atoms with Crippen LogP contribution in [0.15, 0.2) is 36.4 Å². The average molecular weight is 489 g/mol. The van der Waals surface area contributed by atoms with Crippen molar-refractivity contribution in [2.75, 3.05) is 26.4 Å². The Balaban J connectivity index is 2.14. The molecule has 0 fully saturated rings. The Kier molecular flexibility index (Phi) is 11.0. The van der Waals surface area contributed by atoms with Crippen molar-refractivity contribution in [2.45, 2.75) is 39.3 Å². The molecular weight excluding hydrogens is 456 g/mol. The number of aromatic hydroxyl groups is 2. The van der Waals surface area contributed by atoms with Crippen LogP contribution in [-0.4, -0.2) is 75.0 Å². The summed E-state index contributed by atoms with van der Waals surface area (Å²) in [5.74, 6) is -1.84. The van der Waals surface area contributed by atoms with Crippen LogP contribution in [-0.2, 0) is 45.1 Å². The van der Waals surface area contributed by atoms with E-state index in [0.29, 0.717) is 30.6 Å². The normalized spacial score (nSPS) is 11.1.